The summed E-state index contributed by atoms with van der Waals surface area (Å²) in [6.45, 7) is 2.05. The number of hydrogen-bond donors (Lipinski definition) is 1. The van der Waals surface area contributed by atoms with Gasteiger partial charge in [0.15, 0.2) is 5.82 Å². The van der Waals surface area contributed by atoms with Crippen LogP contribution in [0.15, 0.2) is 95.9 Å². The molecule has 1 aromatic heterocycles. The predicted molar refractivity (Wildman–Crippen MR) is 136 cm³/mol. The summed E-state index contributed by atoms with van der Waals surface area (Å²) in [5.41, 5.74) is 4.15. The number of sulfonamides is 1. The van der Waals surface area contributed by atoms with Gasteiger partial charge in [-0.2, -0.15) is 0 Å². The molecule has 2 heterocycles. The van der Waals surface area contributed by atoms with Crippen LogP contribution in [-0.2, 0) is 10.0 Å². The monoisotopic (exact) mass is 470 g/mol. The van der Waals surface area contributed by atoms with Crippen LogP contribution < -0.4 is 9.62 Å². The molecule has 172 valence electrons. The van der Waals surface area contributed by atoms with E-state index in [1.54, 1.807) is 24.3 Å². The number of hydrogen-bond acceptors (Lipinski definition) is 5. The fourth-order valence-corrected chi connectivity index (χ4v) is 5.21. The molecule has 1 aliphatic heterocycles. The van der Waals surface area contributed by atoms with Gasteiger partial charge in [0.1, 0.15) is 0 Å². The third-order valence-electron chi connectivity index (χ3n) is 6.04. The first-order chi connectivity index (χ1) is 16.6. The van der Waals surface area contributed by atoms with Crippen molar-refractivity contribution in [3.63, 3.8) is 0 Å². The summed E-state index contributed by atoms with van der Waals surface area (Å²) in [7, 11) is -3.69. The zero-order valence-electron chi connectivity index (χ0n) is 18.8. The molecular weight excluding hydrogens is 444 g/mol. The fourth-order valence-electron chi connectivity index (χ4n) is 4.15. The minimum atomic E-state index is -3.69. The third kappa shape index (κ3) is 4.94. The van der Waals surface area contributed by atoms with Crippen LogP contribution in [0.2, 0.25) is 0 Å². The maximum atomic E-state index is 12.9. The Morgan fingerprint density at radius 3 is 1.94 bits per heavy atom. The lowest BCUT2D eigenvalue weighted by molar-refractivity contribution is 0.571. The lowest BCUT2D eigenvalue weighted by atomic mass is 10.1. The Hall–Kier alpha value is -3.71. The van der Waals surface area contributed by atoms with Gasteiger partial charge in [0, 0.05) is 24.3 Å². The largest absolute Gasteiger partial charge is 0.355 e. The molecule has 6 nitrogen and oxygen atoms in total. The zero-order chi connectivity index (χ0) is 23.4. The number of aromatic nitrogens is 2. The van der Waals surface area contributed by atoms with E-state index in [-0.39, 0.29) is 4.90 Å². The zero-order valence-corrected chi connectivity index (χ0v) is 19.6. The molecule has 4 aromatic rings. The van der Waals surface area contributed by atoms with E-state index in [4.69, 9.17) is 0 Å². The van der Waals surface area contributed by atoms with E-state index in [1.807, 2.05) is 66.7 Å². The third-order valence-corrected chi connectivity index (χ3v) is 7.43. The van der Waals surface area contributed by atoms with Gasteiger partial charge in [0.05, 0.1) is 10.6 Å². The molecular formula is C27H26N4O2S. The standard InChI is InChI=1S/C27H26N4O2S/c32-34(33,25-15-11-22(12-16-25)21-7-3-1-4-8-21)30-24-13-9-23(10-14-24)26-17-18-27(29-28-26)31-19-5-2-6-20-31/h1,3-4,7-18,30H,2,5-6,19-20H2. The molecule has 0 radical (unpaired) electrons. The van der Waals surface area contributed by atoms with Gasteiger partial charge in [0.2, 0.25) is 0 Å². The lowest BCUT2D eigenvalue weighted by Gasteiger charge is -2.27. The number of nitrogens with zero attached hydrogens (tertiary/aromatic N) is 3. The van der Waals surface area contributed by atoms with Crippen LogP contribution >= 0.6 is 0 Å². The second-order valence-corrected chi connectivity index (χ2v) is 10.1. The van der Waals surface area contributed by atoms with Crippen molar-refractivity contribution in [2.24, 2.45) is 0 Å². The maximum absolute atomic E-state index is 12.9. The second-order valence-electron chi connectivity index (χ2n) is 8.40. The highest BCUT2D eigenvalue weighted by molar-refractivity contribution is 7.92. The SMILES string of the molecule is O=S(=O)(Nc1ccc(-c2ccc(N3CCCCC3)nn2)cc1)c1ccc(-c2ccccc2)cc1. The van der Waals surface area contributed by atoms with Crippen molar-refractivity contribution in [3.05, 3.63) is 91.0 Å². The highest BCUT2D eigenvalue weighted by atomic mass is 32.2. The van der Waals surface area contributed by atoms with Crippen molar-refractivity contribution in [2.45, 2.75) is 24.2 Å². The van der Waals surface area contributed by atoms with E-state index in [9.17, 15) is 8.42 Å². The van der Waals surface area contributed by atoms with Gasteiger partial charge in [-0.1, -0.05) is 54.6 Å². The summed E-state index contributed by atoms with van der Waals surface area (Å²) in [4.78, 5) is 2.49. The van der Waals surface area contributed by atoms with Gasteiger partial charge in [-0.15, -0.1) is 10.2 Å². The quantitative estimate of drug-likeness (QED) is 0.397. The summed E-state index contributed by atoms with van der Waals surface area (Å²) >= 11 is 0. The lowest BCUT2D eigenvalue weighted by Crippen LogP contribution is -2.30. The molecule has 1 aliphatic rings. The molecule has 0 amide bonds. The van der Waals surface area contributed by atoms with Crippen molar-refractivity contribution in [3.8, 4) is 22.4 Å². The summed E-state index contributed by atoms with van der Waals surface area (Å²) in [6.07, 6.45) is 3.66. The highest BCUT2D eigenvalue weighted by Gasteiger charge is 2.15. The summed E-state index contributed by atoms with van der Waals surface area (Å²) in [5, 5.41) is 8.77. The first kappa shape index (κ1) is 22.1. The Kier molecular flexibility index (Phi) is 6.27. The van der Waals surface area contributed by atoms with Gasteiger partial charge in [-0.25, -0.2) is 8.42 Å². The Labute approximate surface area is 200 Å². The molecule has 0 spiro atoms. The maximum Gasteiger partial charge on any atom is 0.261 e. The van der Waals surface area contributed by atoms with E-state index in [2.05, 4.69) is 19.8 Å². The molecule has 0 atom stereocenters. The smallest absolute Gasteiger partial charge is 0.261 e. The molecule has 1 saturated heterocycles. The Balaban J connectivity index is 1.27. The number of piperidine rings is 1. The van der Waals surface area contributed by atoms with Crippen LogP contribution in [0.4, 0.5) is 11.5 Å². The average molecular weight is 471 g/mol. The van der Waals surface area contributed by atoms with Crippen LogP contribution in [0.25, 0.3) is 22.4 Å². The topological polar surface area (TPSA) is 75.2 Å². The van der Waals surface area contributed by atoms with Gasteiger partial charge >= 0.3 is 0 Å². The average Bonchev–Trinajstić information content (AvgIpc) is 2.90. The van der Waals surface area contributed by atoms with Gasteiger partial charge in [0.25, 0.3) is 10.0 Å². The number of nitrogens with one attached hydrogen (secondary N) is 1. The first-order valence-electron chi connectivity index (χ1n) is 11.5. The van der Waals surface area contributed by atoms with E-state index < -0.39 is 10.0 Å². The van der Waals surface area contributed by atoms with Gasteiger partial charge in [-0.05, 0) is 66.8 Å². The van der Waals surface area contributed by atoms with Crippen LogP contribution in [-0.4, -0.2) is 31.7 Å². The molecule has 0 saturated carbocycles. The second kappa shape index (κ2) is 9.65. The van der Waals surface area contributed by atoms with Gasteiger partial charge < -0.3 is 4.90 Å². The van der Waals surface area contributed by atoms with Crippen molar-refractivity contribution >= 4 is 21.5 Å². The molecule has 1 fully saturated rings. The molecule has 3 aromatic carbocycles. The number of anilines is 2. The minimum Gasteiger partial charge on any atom is -0.355 e. The van der Waals surface area contributed by atoms with E-state index >= 15 is 0 Å². The van der Waals surface area contributed by atoms with Crippen LogP contribution in [0.5, 0.6) is 0 Å². The minimum absolute atomic E-state index is 0.218. The molecule has 1 N–H and O–H groups in total. The fraction of sp³-hybridized carbons (Fsp3) is 0.185. The predicted octanol–water partition coefficient (Wildman–Crippen LogP) is 5.60. The van der Waals surface area contributed by atoms with E-state index in [0.717, 1.165) is 41.3 Å². The molecule has 5 rings (SSSR count). The molecule has 7 heteroatoms. The molecule has 0 unspecified atom stereocenters. The van der Waals surface area contributed by atoms with Crippen LogP contribution in [0, 0.1) is 0 Å². The molecule has 0 aliphatic carbocycles. The molecule has 0 bridgehead atoms. The first-order valence-corrected chi connectivity index (χ1v) is 12.9. The summed E-state index contributed by atoms with van der Waals surface area (Å²) in [5.74, 6) is 0.908. The Morgan fingerprint density at radius 2 is 1.29 bits per heavy atom. The van der Waals surface area contributed by atoms with Crippen LogP contribution in [0.3, 0.4) is 0 Å². The number of benzene rings is 3. The summed E-state index contributed by atoms with van der Waals surface area (Å²) in [6, 6.07) is 27.9. The normalized spacial score (nSPS) is 14.1. The summed E-state index contributed by atoms with van der Waals surface area (Å²) < 4.78 is 28.4. The van der Waals surface area contributed by atoms with E-state index in [0.29, 0.717) is 5.69 Å². The van der Waals surface area contributed by atoms with Crippen molar-refractivity contribution in [2.75, 3.05) is 22.7 Å². The van der Waals surface area contributed by atoms with Crippen molar-refractivity contribution in [1.82, 2.24) is 10.2 Å². The molecule has 34 heavy (non-hydrogen) atoms. The Bertz CT molecular complexity index is 1330. The van der Waals surface area contributed by atoms with Crippen molar-refractivity contribution in [1.29, 1.82) is 0 Å². The highest BCUT2D eigenvalue weighted by Crippen LogP contribution is 2.25. The van der Waals surface area contributed by atoms with Crippen LogP contribution in [0.1, 0.15) is 19.3 Å². The van der Waals surface area contributed by atoms with Crippen molar-refractivity contribution < 1.29 is 8.42 Å². The van der Waals surface area contributed by atoms with E-state index in [1.165, 1.54) is 19.3 Å². The Morgan fingerprint density at radius 1 is 0.647 bits per heavy atom. The van der Waals surface area contributed by atoms with Gasteiger partial charge in [-0.3, -0.25) is 4.72 Å². The number of rotatable bonds is 6.